The van der Waals surface area contributed by atoms with Gasteiger partial charge in [0.2, 0.25) is 0 Å². The Balaban J connectivity index is 2.04. The van der Waals surface area contributed by atoms with Gasteiger partial charge in [-0.05, 0) is 36.7 Å². The van der Waals surface area contributed by atoms with E-state index in [2.05, 4.69) is 43.4 Å². The fourth-order valence-corrected chi connectivity index (χ4v) is 3.66. The molecule has 0 fully saturated rings. The molecule has 2 aromatic heterocycles. The van der Waals surface area contributed by atoms with Crippen LogP contribution < -0.4 is 0 Å². The number of halogens is 1. The van der Waals surface area contributed by atoms with Gasteiger partial charge in [0.1, 0.15) is 5.15 Å². The number of aromatic nitrogens is 2. The minimum absolute atomic E-state index is 0.0385. The van der Waals surface area contributed by atoms with Gasteiger partial charge in [-0.15, -0.1) is 0 Å². The minimum Gasteiger partial charge on any atom is -0.417 e. The van der Waals surface area contributed by atoms with Gasteiger partial charge in [-0.25, -0.2) is 4.98 Å². The van der Waals surface area contributed by atoms with Crippen molar-refractivity contribution in [2.45, 2.75) is 58.5 Å². The van der Waals surface area contributed by atoms with Crippen molar-refractivity contribution in [2.75, 3.05) is 6.61 Å². The van der Waals surface area contributed by atoms with Crippen LogP contribution in [-0.4, -0.2) is 29.6 Å². The van der Waals surface area contributed by atoms with E-state index in [-0.39, 0.29) is 11.6 Å². The molecule has 23 heavy (non-hydrogen) atoms. The molecule has 2 heterocycles. The second-order valence-corrected chi connectivity index (χ2v) is 12.7. The van der Waals surface area contributed by atoms with E-state index in [0.29, 0.717) is 5.15 Å². The number of aliphatic hydroxyl groups excluding tert-OH is 1. The predicted molar refractivity (Wildman–Crippen MR) is 98.4 cm³/mol. The number of hydrogen-bond acceptors (Lipinski definition) is 3. The molecule has 2 rings (SSSR count). The van der Waals surface area contributed by atoms with Crippen molar-refractivity contribution in [1.29, 1.82) is 0 Å². The molecule has 0 saturated heterocycles. The Morgan fingerprint density at radius 1 is 1.35 bits per heavy atom. The average Bonchev–Trinajstić information content (AvgIpc) is 2.84. The lowest BCUT2D eigenvalue weighted by Gasteiger charge is -2.36. The molecule has 0 aliphatic rings. The summed E-state index contributed by atoms with van der Waals surface area (Å²) < 4.78 is 8.34. The smallest absolute Gasteiger partial charge is 0.191 e. The summed E-state index contributed by atoms with van der Waals surface area (Å²) in [5.74, 6) is 0. The van der Waals surface area contributed by atoms with E-state index in [9.17, 15) is 5.11 Å². The maximum atomic E-state index is 9.55. The van der Waals surface area contributed by atoms with Crippen LogP contribution in [0.25, 0.3) is 11.0 Å². The van der Waals surface area contributed by atoms with E-state index in [1.165, 1.54) is 0 Å². The van der Waals surface area contributed by atoms with Crippen LogP contribution >= 0.6 is 11.6 Å². The molecular weight excluding hydrogens is 328 g/mol. The summed E-state index contributed by atoms with van der Waals surface area (Å²) in [6, 6.07) is 3.67. The zero-order valence-corrected chi connectivity index (χ0v) is 16.4. The molecule has 1 N–H and O–H groups in total. The number of hydrogen-bond donors (Lipinski definition) is 1. The van der Waals surface area contributed by atoms with Crippen molar-refractivity contribution in [3.63, 3.8) is 0 Å². The first-order valence-electron chi connectivity index (χ1n) is 8.05. The SMILES string of the molecule is CC(C)(C)[Si](C)(C)OCCCn1ccc2nc(Cl)cc(CO)c21. The highest BCUT2D eigenvalue weighted by Gasteiger charge is 2.36. The molecule has 0 bridgehead atoms. The van der Waals surface area contributed by atoms with Crippen LogP contribution in [0.4, 0.5) is 0 Å². The summed E-state index contributed by atoms with van der Waals surface area (Å²) in [6.07, 6.45) is 2.93. The number of nitrogens with zero attached hydrogens (tertiary/aromatic N) is 2. The first-order chi connectivity index (χ1) is 10.7. The van der Waals surface area contributed by atoms with E-state index in [1.807, 2.05) is 12.3 Å². The van der Waals surface area contributed by atoms with Gasteiger partial charge in [-0.2, -0.15) is 0 Å². The Bertz CT molecular complexity index is 677. The van der Waals surface area contributed by atoms with Crippen LogP contribution in [0.3, 0.4) is 0 Å². The van der Waals surface area contributed by atoms with E-state index >= 15 is 0 Å². The Kier molecular flexibility index (Phi) is 5.56. The number of aryl methyl sites for hydroxylation is 1. The molecule has 128 valence electrons. The molecule has 4 nitrogen and oxygen atoms in total. The predicted octanol–water partition coefficient (Wildman–Crippen LogP) is 4.59. The van der Waals surface area contributed by atoms with Crippen LogP contribution in [-0.2, 0) is 17.6 Å². The first kappa shape index (κ1) is 18.5. The zero-order valence-electron chi connectivity index (χ0n) is 14.7. The van der Waals surface area contributed by atoms with Gasteiger partial charge in [-0.3, -0.25) is 0 Å². The molecule has 0 unspecified atom stereocenters. The van der Waals surface area contributed by atoms with Crippen molar-refractivity contribution in [2.24, 2.45) is 0 Å². The maximum Gasteiger partial charge on any atom is 0.191 e. The Morgan fingerprint density at radius 3 is 2.65 bits per heavy atom. The Labute approximate surface area is 144 Å². The summed E-state index contributed by atoms with van der Waals surface area (Å²) in [5.41, 5.74) is 2.60. The molecular formula is C17H27ClN2O2Si. The van der Waals surface area contributed by atoms with Crippen LogP contribution in [0.5, 0.6) is 0 Å². The van der Waals surface area contributed by atoms with Crippen molar-refractivity contribution >= 4 is 31.0 Å². The van der Waals surface area contributed by atoms with Crippen molar-refractivity contribution in [3.05, 3.63) is 29.0 Å². The van der Waals surface area contributed by atoms with Crippen LogP contribution in [0, 0.1) is 0 Å². The summed E-state index contributed by atoms with van der Waals surface area (Å²) in [6.45, 7) is 12.9. The molecule has 0 aliphatic carbocycles. The molecule has 2 aromatic rings. The highest BCUT2D eigenvalue weighted by atomic mass is 35.5. The van der Waals surface area contributed by atoms with Crippen molar-refractivity contribution in [3.8, 4) is 0 Å². The van der Waals surface area contributed by atoms with Crippen molar-refractivity contribution in [1.82, 2.24) is 9.55 Å². The van der Waals surface area contributed by atoms with Gasteiger partial charge < -0.3 is 14.1 Å². The second-order valence-electron chi connectivity index (χ2n) is 7.47. The maximum absolute atomic E-state index is 9.55. The van der Waals surface area contributed by atoms with E-state index in [1.54, 1.807) is 6.07 Å². The van der Waals surface area contributed by atoms with Crippen LogP contribution in [0.2, 0.25) is 23.3 Å². The lowest BCUT2D eigenvalue weighted by Crippen LogP contribution is -2.41. The number of aliphatic hydroxyl groups is 1. The highest BCUT2D eigenvalue weighted by Crippen LogP contribution is 2.36. The lowest BCUT2D eigenvalue weighted by atomic mass is 10.2. The monoisotopic (exact) mass is 354 g/mol. The summed E-state index contributed by atoms with van der Waals surface area (Å²) in [5, 5.41) is 10.2. The first-order valence-corrected chi connectivity index (χ1v) is 11.3. The molecule has 0 aliphatic heterocycles. The minimum atomic E-state index is -1.68. The van der Waals surface area contributed by atoms with E-state index in [0.717, 1.165) is 36.2 Å². The molecule has 0 aromatic carbocycles. The number of pyridine rings is 1. The molecule has 0 amide bonds. The normalized spacial score (nSPS) is 13.0. The van der Waals surface area contributed by atoms with E-state index in [4.69, 9.17) is 16.0 Å². The molecule has 0 radical (unpaired) electrons. The second kappa shape index (κ2) is 6.93. The zero-order chi connectivity index (χ0) is 17.3. The third-order valence-corrected chi connectivity index (χ3v) is 9.48. The van der Waals surface area contributed by atoms with Gasteiger partial charge in [-0.1, -0.05) is 32.4 Å². The van der Waals surface area contributed by atoms with Gasteiger partial charge >= 0.3 is 0 Å². The third kappa shape index (κ3) is 4.15. The fraction of sp³-hybridized carbons (Fsp3) is 0.588. The topological polar surface area (TPSA) is 47.3 Å². The standard InChI is InChI=1S/C17H27ClN2O2Si/c1-17(2,3)23(4,5)22-10-6-8-20-9-7-14-16(20)13(12-21)11-15(18)19-14/h7,9,11,21H,6,8,10,12H2,1-5H3. The molecule has 0 spiro atoms. The van der Waals surface area contributed by atoms with E-state index < -0.39 is 8.32 Å². The Morgan fingerprint density at radius 2 is 2.04 bits per heavy atom. The van der Waals surface area contributed by atoms with Gasteiger partial charge in [0, 0.05) is 24.9 Å². The molecule has 0 atom stereocenters. The molecule has 0 saturated carbocycles. The number of rotatable bonds is 6. The van der Waals surface area contributed by atoms with Crippen LogP contribution in [0.15, 0.2) is 18.3 Å². The quantitative estimate of drug-likeness (QED) is 0.468. The van der Waals surface area contributed by atoms with Crippen molar-refractivity contribution < 1.29 is 9.53 Å². The molecule has 6 heteroatoms. The summed E-state index contributed by atoms with van der Waals surface area (Å²) in [7, 11) is -1.68. The Hall–Kier alpha value is -0.883. The average molecular weight is 355 g/mol. The lowest BCUT2D eigenvalue weighted by molar-refractivity contribution is 0.274. The summed E-state index contributed by atoms with van der Waals surface area (Å²) >= 11 is 5.98. The summed E-state index contributed by atoms with van der Waals surface area (Å²) in [4.78, 5) is 4.31. The largest absolute Gasteiger partial charge is 0.417 e. The van der Waals surface area contributed by atoms with Gasteiger partial charge in [0.15, 0.2) is 8.32 Å². The fourth-order valence-electron chi connectivity index (χ4n) is 2.35. The van der Waals surface area contributed by atoms with Gasteiger partial charge in [0.25, 0.3) is 0 Å². The van der Waals surface area contributed by atoms with Crippen LogP contribution in [0.1, 0.15) is 32.8 Å². The third-order valence-electron chi connectivity index (χ3n) is 4.75. The van der Waals surface area contributed by atoms with Gasteiger partial charge in [0.05, 0.1) is 17.6 Å². The number of fused-ring (bicyclic) bond motifs is 1. The highest BCUT2D eigenvalue weighted by molar-refractivity contribution is 6.74.